The third-order valence-electron chi connectivity index (χ3n) is 4.54. The Morgan fingerprint density at radius 3 is 2.96 bits per heavy atom. The van der Waals surface area contributed by atoms with E-state index in [0.29, 0.717) is 31.4 Å². The summed E-state index contributed by atoms with van der Waals surface area (Å²) < 4.78 is 15.9. The van der Waals surface area contributed by atoms with Gasteiger partial charge in [-0.3, -0.25) is 0 Å². The number of pyridine rings is 1. The molecule has 152 valence electrons. The van der Waals surface area contributed by atoms with E-state index in [2.05, 4.69) is 37.4 Å². The number of aromatic nitrogens is 4. The second kappa shape index (κ2) is 10.3. The van der Waals surface area contributed by atoms with Crippen LogP contribution in [-0.4, -0.2) is 51.4 Å². The van der Waals surface area contributed by atoms with E-state index in [1.165, 1.54) is 6.07 Å². The molecule has 1 aliphatic rings. The van der Waals surface area contributed by atoms with Gasteiger partial charge in [0.25, 0.3) is 0 Å². The molecule has 2 aromatic rings. The maximum absolute atomic E-state index is 14.0. The predicted octanol–water partition coefficient (Wildman–Crippen LogP) is 1.78. The molecule has 1 saturated heterocycles. The second-order valence-corrected chi connectivity index (χ2v) is 6.44. The first-order valence-electron chi connectivity index (χ1n) is 8.94. The molecule has 1 fully saturated rings. The van der Waals surface area contributed by atoms with Crippen molar-refractivity contribution in [1.82, 2.24) is 30.4 Å². The summed E-state index contributed by atoms with van der Waals surface area (Å²) in [7, 11) is 1.92. The van der Waals surface area contributed by atoms with Crippen LogP contribution in [0.4, 0.5) is 10.2 Å². The van der Waals surface area contributed by atoms with Crippen molar-refractivity contribution in [2.45, 2.75) is 25.9 Å². The van der Waals surface area contributed by atoms with Crippen molar-refractivity contribution in [2.75, 3.05) is 24.5 Å². The SMILES string of the molecule is C=CCNC(=NCc1nnc(C)n1C)NC1CCN(c2ncccc2F)C1.I. The molecule has 2 N–H and O–H groups in total. The molecule has 10 heteroatoms. The van der Waals surface area contributed by atoms with Gasteiger partial charge in [0.05, 0.1) is 0 Å². The fourth-order valence-corrected chi connectivity index (χ4v) is 2.93. The molecule has 1 atom stereocenters. The van der Waals surface area contributed by atoms with E-state index >= 15 is 0 Å². The van der Waals surface area contributed by atoms with Crippen molar-refractivity contribution in [3.63, 3.8) is 0 Å². The van der Waals surface area contributed by atoms with Crippen molar-refractivity contribution in [3.05, 3.63) is 48.5 Å². The first kappa shape index (κ1) is 22.1. The van der Waals surface area contributed by atoms with E-state index in [4.69, 9.17) is 0 Å². The van der Waals surface area contributed by atoms with Gasteiger partial charge in [0.15, 0.2) is 23.4 Å². The molecule has 3 rings (SSSR count). The van der Waals surface area contributed by atoms with Crippen molar-refractivity contribution in [3.8, 4) is 0 Å². The summed E-state index contributed by atoms with van der Waals surface area (Å²) in [6.45, 7) is 8.04. The van der Waals surface area contributed by atoms with Crippen LogP contribution in [0, 0.1) is 12.7 Å². The highest BCUT2D eigenvalue weighted by Gasteiger charge is 2.26. The third-order valence-corrected chi connectivity index (χ3v) is 4.54. The maximum Gasteiger partial charge on any atom is 0.192 e. The van der Waals surface area contributed by atoms with Crippen LogP contribution >= 0.6 is 24.0 Å². The molecule has 28 heavy (non-hydrogen) atoms. The number of nitrogens with one attached hydrogen (secondary N) is 2. The van der Waals surface area contributed by atoms with Crippen LogP contribution in [0.25, 0.3) is 0 Å². The molecule has 0 amide bonds. The molecule has 0 aliphatic carbocycles. The van der Waals surface area contributed by atoms with Gasteiger partial charge in [-0.25, -0.2) is 14.4 Å². The van der Waals surface area contributed by atoms with Crippen LogP contribution in [-0.2, 0) is 13.6 Å². The lowest BCUT2D eigenvalue weighted by Crippen LogP contribution is -2.44. The molecule has 8 nitrogen and oxygen atoms in total. The van der Waals surface area contributed by atoms with Gasteiger partial charge >= 0.3 is 0 Å². The summed E-state index contributed by atoms with van der Waals surface area (Å²) in [6.07, 6.45) is 4.25. The van der Waals surface area contributed by atoms with Gasteiger partial charge in [-0.15, -0.1) is 40.8 Å². The monoisotopic (exact) mass is 500 g/mol. The molecule has 0 aromatic carbocycles. The topological polar surface area (TPSA) is 83.3 Å². The smallest absolute Gasteiger partial charge is 0.192 e. The lowest BCUT2D eigenvalue weighted by atomic mass is 10.3. The Bertz CT molecular complexity index is 822. The van der Waals surface area contributed by atoms with E-state index in [1.807, 2.05) is 23.4 Å². The largest absolute Gasteiger partial charge is 0.353 e. The van der Waals surface area contributed by atoms with Gasteiger partial charge in [-0.1, -0.05) is 6.08 Å². The fourth-order valence-electron chi connectivity index (χ4n) is 2.93. The summed E-state index contributed by atoms with van der Waals surface area (Å²) in [5.41, 5.74) is 0. The number of nitrogens with zero attached hydrogens (tertiary/aromatic N) is 6. The Kier molecular flexibility index (Phi) is 8.15. The van der Waals surface area contributed by atoms with E-state index in [1.54, 1.807) is 18.3 Å². The molecule has 0 spiro atoms. The minimum atomic E-state index is -0.297. The van der Waals surface area contributed by atoms with Crippen LogP contribution in [0.3, 0.4) is 0 Å². The number of aryl methyl sites for hydroxylation is 1. The summed E-state index contributed by atoms with van der Waals surface area (Å²) in [5.74, 6) is 2.40. The molecular formula is C18H26FIN8. The fraction of sp³-hybridized carbons (Fsp3) is 0.444. The van der Waals surface area contributed by atoms with Crippen molar-refractivity contribution >= 4 is 35.8 Å². The Labute approximate surface area is 181 Å². The number of anilines is 1. The van der Waals surface area contributed by atoms with Gasteiger partial charge in [-0.05, 0) is 25.5 Å². The average molecular weight is 500 g/mol. The molecule has 3 heterocycles. The highest BCUT2D eigenvalue weighted by molar-refractivity contribution is 14.0. The zero-order valence-corrected chi connectivity index (χ0v) is 18.4. The molecular weight excluding hydrogens is 474 g/mol. The third kappa shape index (κ3) is 5.40. The molecule has 1 aliphatic heterocycles. The first-order chi connectivity index (χ1) is 13.1. The van der Waals surface area contributed by atoms with E-state index in [-0.39, 0.29) is 35.8 Å². The number of guanidine groups is 1. The van der Waals surface area contributed by atoms with Gasteiger partial charge in [0.1, 0.15) is 12.4 Å². The summed E-state index contributed by atoms with van der Waals surface area (Å²) in [6, 6.07) is 3.18. The number of rotatable bonds is 6. The Hall–Kier alpha value is -2.24. The van der Waals surface area contributed by atoms with Crippen LogP contribution in [0.2, 0.25) is 0 Å². The highest BCUT2D eigenvalue weighted by Crippen LogP contribution is 2.20. The Morgan fingerprint density at radius 1 is 1.46 bits per heavy atom. The Balaban J connectivity index is 0.00000280. The minimum absolute atomic E-state index is 0. The van der Waals surface area contributed by atoms with Gasteiger partial charge in [-0.2, -0.15) is 0 Å². The van der Waals surface area contributed by atoms with E-state index in [0.717, 1.165) is 24.6 Å². The molecule has 0 bridgehead atoms. The highest BCUT2D eigenvalue weighted by atomic mass is 127. The second-order valence-electron chi connectivity index (χ2n) is 6.44. The van der Waals surface area contributed by atoms with Crippen LogP contribution in [0.1, 0.15) is 18.1 Å². The minimum Gasteiger partial charge on any atom is -0.353 e. The lowest BCUT2D eigenvalue weighted by molar-refractivity contribution is 0.612. The summed E-state index contributed by atoms with van der Waals surface area (Å²) in [4.78, 5) is 10.7. The zero-order chi connectivity index (χ0) is 19.2. The number of halogens is 2. The predicted molar refractivity (Wildman–Crippen MR) is 118 cm³/mol. The van der Waals surface area contributed by atoms with Gasteiger partial charge < -0.3 is 20.1 Å². The Morgan fingerprint density at radius 2 is 2.29 bits per heavy atom. The molecule has 0 radical (unpaired) electrons. The summed E-state index contributed by atoms with van der Waals surface area (Å²) >= 11 is 0. The first-order valence-corrected chi connectivity index (χ1v) is 8.94. The van der Waals surface area contributed by atoms with Crippen molar-refractivity contribution in [1.29, 1.82) is 0 Å². The summed E-state index contributed by atoms with van der Waals surface area (Å²) in [5, 5.41) is 14.8. The quantitative estimate of drug-likeness (QED) is 0.273. The van der Waals surface area contributed by atoms with E-state index in [9.17, 15) is 4.39 Å². The zero-order valence-electron chi connectivity index (χ0n) is 16.1. The van der Waals surface area contributed by atoms with Crippen molar-refractivity contribution < 1.29 is 4.39 Å². The number of aliphatic imine (C=N–C) groups is 1. The van der Waals surface area contributed by atoms with Gasteiger partial charge in [0.2, 0.25) is 0 Å². The average Bonchev–Trinajstić information content (AvgIpc) is 3.25. The maximum atomic E-state index is 14.0. The molecule has 0 saturated carbocycles. The standard InChI is InChI=1S/C18H25FN8.HI/c1-4-8-21-18(22-11-16-25-24-13(2)26(16)3)23-14-7-10-27(12-14)17-15(19)6-5-9-20-17;/h4-6,9,14H,1,7-8,10-12H2,2-3H3,(H2,21,22,23);1H. The van der Waals surface area contributed by atoms with Crippen LogP contribution < -0.4 is 15.5 Å². The van der Waals surface area contributed by atoms with Crippen molar-refractivity contribution in [2.24, 2.45) is 12.0 Å². The van der Waals surface area contributed by atoms with E-state index < -0.39 is 0 Å². The lowest BCUT2D eigenvalue weighted by Gasteiger charge is -2.20. The number of hydrogen-bond acceptors (Lipinski definition) is 5. The van der Waals surface area contributed by atoms with Crippen LogP contribution in [0.15, 0.2) is 36.0 Å². The normalized spacial score (nSPS) is 16.6. The van der Waals surface area contributed by atoms with Gasteiger partial charge in [0, 0.05) is 38.9 Å². The molecule has 1 unspecified atom stereocenters. The van der Waals surface area contributed by atoms with Crippen LogP contribution in [0.5, 0.6) is 0 Å². The number of hydrogen-bond donors (Lipinski definition) is 2. The molecule has 2 aromatic heterocycles.